The summed E-state index contributed by atoms with van der Waals surface area (Å²) in [4.78, 5) is 16.9. The van der Waals surface area contributed by atoms with Crippen LogP contribution in [0.2, 0.25) is 0 Å². The topological polar surface area (TPSA) is 65.4 Å². The molecule has 2 aromatic carbocycles. The third-order valence-electron chi connectivity index (χ3n) is 4.11. The van der Waals surface area contributed by atoms with Gasteiger partial charge in [-0.05, 0) is 37.3 Å². The summed E-state index contributed by atoms with van der Waals surface area (Å²) in [6.07, 6.45) is 0. The fraction of sp³-hybridized carbons (Fsp3) is 0.263. The average molecular weight is 339 g/mol. The average Bonchev–Trinajstić information content (AvgIpc) is 2.96. The Morgan fingerprint density at radius 1 is 1.12 bits per heavy atom. The van der Waals surface area contributed by atoms with Crippen molar-refractivity contribution in [2.45, 2.75) is 13.5 Å². The summed E-state index contributed by atoms with van der Waals surface area (Å²) in [5.74, 6) is 1.91. The maximum atomic E-state index is 12.4. The lowest BCUT2D eigenvalue weighted by Crippen LogP contribution is -2.27. The largest absolute Gasteiger partial charge is 0.493 e. The van der Waals surface area contributed by atoms with Crippen molar-refractivity contribution >= 4 is 16.9 Å². The van der Waals surface area contributed by atoms with E-state index in [9.17, 15) is 4.79 Å². The summed E-state index contributed by atoms with van der Waals surface area (Å²) in [5.41, 5.74) is 2.57. The van der Waals surface area contributed by atoms with Gasteiger partial charge in [0.1, 0.15) is 5.82 Å². The van der Waals surface area contributed by atoms with Gasteiger partial charge in [-0.2, -0.15) is 0 Å². The summed E-state index contributed by atoms with van der Waals surface area (Å²) in [6.45, 7) is 3.13. The quantitative estimate of drug-likeness (QED) is 0.750. The molecule has 1 N–H and O–H groups in total. The normalized spacial score (nSPS) is 10.7. The summed E-state index contributed by atoms with van der Waals surface area (Å²) in [5, 5.41) is 2.93. The lowest BCUT2D eigenvalue weighted by Gasteiger charge is -2.11. The van der Waals surface area contributed by atoms with E-state index in [1.807, 2.05) is 31.2 Å². The highest BCUT2D eigenvalue weighted by atomic mass is 16.5. The standard InChI is InChI=1S/C19H21N3O3/c1-13-21-15-6-4-5-7-16(15)22(13)11-10-20-19(23)14-8-9-17(24-2)18(12-14)25-3/h4-9,12H,10-11H2,1-3H3,(H,20,23). The third-order valence-corrected chi connectivity index (χ3v) is 4.11. The predicted octanol–water partition coefficient (Wildman–Crippen LogP) is 2.79. The number of imidazole rings is 1. The van der Waals surface area contributed by atoms with Gasteiger partial charge in [-0.15, -0.1) is 0 Å². The Morgan fingerprint density at radius 3 is 2.64 bits per heavy atom. The molecule has 1 aromatic heterocycles. The zero-order valence-electron chi connectivity index (χ0n) is 14.6. The van der Waals surface area contributed by atoms with E-state index in [1.165, 1.54) is 0 Å². The Kier molecular flexibility index (Phi) is 4.88. The number of fused-ring (bicyclic) bond motifs is 1. The minimum Gasteiger partial charge on any atom is -0.493 e. The number of hydrogen-bond acceptors (Lipinski definition) is 4. The number of carbonyl (C=O) groups is 1. The summed E-state index contributed by atoms with van der Waals surface area (Å²) in [7, 11) is 3.11. The second-order valence-corrected chi connectivity index (χ2v) is 5.63. The van der Waals surface area contributed by atoms with Gasteiger partial charge >= 0.3 is 0 Å². The van der Waals surface area contributed by atoms with Crippen LogP contribution in [0.5, 0.6) is 11.5 Å². The van der Waals surface area contributed by atoms with E-state index in [2.05, 4.69) is 14.9 Å². The molecule has 0 radical (unpaired) electrons. The summed E-state index contributed by atoms with van der Waals surface area (Å²) in [6, 6.07) is 13.1. The van der Waals surface area contributed by atoms with Crippen LogP contribution in [0, 0.1) is 6.92 Å². The van der Waals surface area contributed by atoms with Crippen LogP contribution in [0.15, 0.2) is 42.5 Å². The van der Waals surface area contributed by atoms with Crippen molar-refractivity contribution in [3.63, 3.8) is 0 Å². The van der Waals surface area contributed by atoms with Gasteiger partial charge in [-0.3, -0.25) is 4.79 Å². The minimum atomic E-state index is -0.150. The molecule has 3 rings (SSSR count). The zero-order valence-corrected chi connectivity index (χ0v) is 14.6. The highest BCUT2D eigenvalue weighted by molar-refractivity contribution is 5.94. The van der Waals surface area contributed by atoms with Crippen LogP contribution >= 0.6 is 0 Å². The van der Waals surface area contributed by atoms with Crippen molar-refractivity contribution in [1.29, 1.82) is 0 Å². The first-order valence-electron chi connectivity index (χ1n) is 8.06. The van der Waals surface area contributed by atoms with Crippen LogP contribution < -0.4 is 14.8 Å². The SMILES string of the molecule is COc1ccc(C(=O)NCCn2c(C)nc3ccccc32)cc1OC. The maximum Gasteiger partial charge on any atom is 0.251 e. The number of nitrogens with one attached hydrogen (secondary N) is 1. The molecule has 6 nitrogen and oxygen atoms in total. The van der Waals surface area contributed by atoms with Gasteiger partial charge in [-0.1, -0.05) is 12.1 Å². The molecule has 25 heavy (non-hydrogen) atoms. The first-order valence-corrected chi connectivity index (χ1v) is 8.06. The number of benzene rings is 2. The maximum absolute atomic E-state index is 12.4. The molecule has 0 unspecified atom stereocenters. The number of nitrogens with zero attached hydrogens (tertiary/aromatic N) is 2. The molecule has 0 spiro atoms. The van der Waals surface area contributed by atoms with Crippen molar-refractivity contribution in [2.75, 3.05) is 20.8 Å². The molecule has 6 heteroatoms. The van der Waals surface area contributed by atoms with Gasteiger partial charge in [0, 0.05) is 18.7 Å². The molecule has 1 amide bonds. The number of aromatic nitrogens is 2. The number of ether oxygens (including phenoxy) is 2. The molecule has 0 aliphatic heterocycles. The van der Waals surface area contributed by atoms with Crippen LogP contribution in [0.3, 0.4) is 0 Å². The Bertz CT molecular complexity index is 902. The molecule has 3 aromatic rings. The van der Waals surface area contributed by atoms with Crippen molar-refractivity contribution in [3.05, 3.63) is 53.9 Å². The van der Waals surface area contributed by atoms with E-state index in [1.54, 1.807) is 32.4 Å². The second-order valence-electron chi connectivity index (χ2n) is 5.63. The van der Waals surface area contributed by atoms with Crippen LogP contribution in [0.1, 0.15) is 16.2 Å². The van der Waals surface area contributed by atoms with Gasteiger partial charge < -0.3 is 19.4 Å². The summed E-state index contributed by atoms with van der Waals surface area (Å²) < 4.78 is 12.5. The fourth-order valence-electron chi connectivity index (χ4n) is 2.84. The highest BCUT2D eigenvalue weighted by Crippen LogP contribution is 2.27. The molecule has 0 saturated carbocycles. The van der Waals surface area contributed by atoms with Crippen LogP contribution in [-0.4, -0.2) is 36.2 Å². The first-order chi connectivity index (χ1) is 12.1. The number of para-hydroxylation sites is 2. The number of carbonyl (C=O) groups excluding carboxylic acids is 1. The molecule has 0 bridgehead atoms. The van der Waals surface area contributed by atoms with Gasteiger partial charge in [0.15, 0.2) is 11.5 Å². The van der Waals surface area contributed by atoms with Crippen molar-refractivity contribution in [3.8, 4) is 11.5 Å². The van der Waals surface area contributed by atoms with E-state index < -0.39 is 0 Å². The predicted molar refractivity (Wildman–Crippen MR) is 96.3 cm³/mol. The Labute approximate surface area is 146 Å². The van der Waals surface area contributed by atoms with E-state index in [4.69, 9.17) is 9.47 Å². The second kappa shape index (κ2) is 7.25. The molecular weight excluding hydrogens is 318 g/mol. The van der Waals surface area contributed by atoms with Crippen LogP contribution in [0.4, 0.5) is 0 Å². The van der Waals surface area contributed by atoms with E-state index in [0.29, 0.717) is 30.2 Å². The molecule has 1 heterocycles. The summed E-state index contributed by atoms with van der Waals surface area (Å²) >= 11 is 0. The lowest BCUT2D eigenvalue weighted by molar-refractivity contribution is 0.0952. The number of amides is 1. The van der Waals surface area contributed by atoms with E-state index >= 15 is 0 Å². The van der Waals surface area contributed by atoms with Crippen molar-refractivity contribution in [2.24, 2.45) is 0 Å². The minimum absolute atomic E-state index is 0.150. The van der Waals surface area contributed by atoms with Gasteiger partial charge in [0.25, 0.3) is 5.91 Å². The number of aryl methyl sites for hydroxylation is 1. The molecule has 0 aliphatic carbocycles. The Balaban J connectivity index is 1.67. The monoisotopic (exact) mass is 339 g/mol. The molecule has 0 atom stereocenters. The Morgan fingerprint density at radius 2 is 1.88 bits per heavy atom. The molecule has 0 saturated heterocycles. The molecule has 130 valence electrons. The smallest absolute Gasteiger partial charge is 0.251 e. The van der Waals surface area contributed by atoms with Crippen molar-refractivity contribution < 1.29 is 14.3 Å². The Hall–Kier alpha value is -3.02. The van der Waals surface area contributed by atoms with E-state index in [-0.39, 0.29) is 5.91 Å². The molecular formula is C19H21N3O3. The van der Waals surface area contributed by atoms with Gasteiger partial charge in [-0.25, -0.2) is 4.98 Å². The first kappa shape index (κ1) is 16.8. The van der Waals surface area contributed by atoms with E-state index in [0.717, 1.165) is 16.9 Å². The van der Waals surface area contributed by atoms with Crippen LogP contribution in [-0.2, 0) is 6.54 Å². The molecule has 0 aliphatic rings. The number of hydrogen-bond donors (Lipinski definition) is 1. The number of methoxy groups -OCH3 is 2. The van der Waals surface area contributed by atoms with Gasteiger partial charge in [0.2, 0.25) is 0 Å². The van der Waals surface area contributed by atoms with Gasteiger partial charge in [0.05, 0.1) is 25.3 Å². The zero-order chi connectivity index (χ0) is 17.8. The lowest BCUT2D eigenvalue weighted by atomic mass is 10.2. The number of rotatable bonds is 6. The van der Waals surface area contributed by atoms with Crippen LogP contribution in [0.25, 0.3) is 11.0 Å². The van der Waals surface area contributed by atoms with Crippen molar-refractivity contribution in [1.82, 2.24) is 14.9 Å². The highest BCUT2D eigenvalue weighted by Gasteiger charge is 2.11. The molecule has 0 fully saturated rings. The fourth-order valence-corrected chi connectivity index (χ4v) is 2.84. The third kappa shape index (κ3) is 3.42.